The zero-order chi connectivity index (χ0) is 18.0. The fraction of sp³-hybridized carbons (Fsp3) is 0.263. The van der Waals surface area contributed by atoms with Crippen LogP contribution in [0.1, 0.15) is 18.4 Å². The summed E-state index contributed by atoms with van der Waals surface area (Å²) < 4.78 is 5.23. The Hall–Kier alpha value is -2.53. The molecule has 1 saturated carbocycles. The van der Waals surface area contributed by atoms with Crippen LogP contribution in [-0.4, -0.2) is 18.9 Å². The van der Waals surface area contributed by atoms with E-state index in [1.165, 1.54) is 7.11 Å². The monoisotopic (exact) mass is 358 g/mol. The van der Waals surface area contributed by atoms with Crippen LogP contribution in [0.15, 0.2) is 42.5 Å². The minimum atomic E-state index is -1.03. The number of halogens is 1. The van der Waals surface area contributed by atoms with Crippen LogP contribution in [-0.2, 0) is 9.59 Å². The van der Waals surface area contributed by atoms with E-state index >= 15 is 0 Å². The van der Waals surface area contributed by atoms with Gasteiger partial charge in [-0.3, -0.25) is 9.59 Å². The summed E-state index contributed by atoms with van der Waals surface area (Å²) in [6.45, 7) is 1.86. The summed E-state index contributed by atoms with van der Waals surface area (Å²) in [6.07, 6.45) is 1.04. The number of para-hydroxylation sites is 2. The molecule has 1 aliphatic rings. The number of benzene rings is 2. The van der Waals surface area contributed by atoms with Gasteiger partial charge in [-0.2, -0.15) is 0 Å². The number of anilines is 2. The van der Waals surface area contributed by atoms with E-state index < -0.39 is 5.41 Å². The van der Waals surface area contributed by atoms with Crippen molar-refractivity contribution >= 4 is 34.8 Å². The Morgan fingerprint density at radius 2 is 1.68 bits per heavy atom. The van der Waals surface area contributed by atoms with Gasteiger partial charge in [-0.25, -0.2) is 0 Å². The van der Waals surface area contributed by atoms with Crippen molar-refractivity contribution in [3.05, 3.63) is 53.1 Å². The van der Waals surface area contributed by atoms with Gasteiger partial charge in [0.15, 0.2) is 0 Å². The maximum Gasteiger partial charge on any atom is 0.240 e. The van der Waals surface area contributed by atoms with E-state index in [1.54, 1.807) is 36.4 Å². The second-order valence-electron chi connectivity index (χ2n) is 6.15. The minimum absolute atomic E-state index is 0.301. The molecule has 0 aromatic heterocycles. The lowest BCUT2D eigenvalue weighted by molar-refractivity contribution is -0.131. The van der Waals surface area contributed by atoms with Gasteiger partial charge in [-0.15, -0.1) is 0 Å². The van der Waals surface area contributed by atoms with Gasteiger partial charge in [-0.05, 0) is 55.7 Å². The molecule has 130 valence electrons. The number of carbonyl (C=O) groups excluding carboxylic acids is 2. The molecular weight excluding hydrogens is 340 g/mol. The summed E-state index contributed by atoms with van der Waals surface area (Å²) in [5, 5.41) is 6.26. The molecule has 0 unspecified atom stereocenters. The number of amides is 2. The van der Waals surface area contributed by atoms with E-state index in [1.807, 2.05) is 13.0 Å². The molecule has 2 aromatic rings. The zero-order valence-corrected chi connectivity index (χ0v) is 14.8. The standard InChI is InChI=1S/C19H19ClN2O3/c1-12-11-13(20)7-8-14(12)21-17(23)19(9-10-19)18(24)22-15-5-3-4-6-16(15)25-2/h3-8,11H,9-10H2,1-2H3,(H,21,23)(H,22,24). The van der Waals surface area contributed by atoms with Crippen molar-refractivity contribution < 1.29 is 14.3 Å². The van der Waals surface area contributed by atoms with E-state index in [4.69, 9.17) is 16.3 Å². The van der Waals surface area contributed by atoms with Gasteiger partial charge in [0.1, 0.15) is 11.2 Å². The molecule has 0 spiro atoms. The smallest absolute Gasteiger partial charge is 0.240 e. The van der Waals surface area contributed by atoms with Crippen molar-refractivity contribution in [2.45, 2.75) is 19.8 Å². The highest BCUT2D eigenvalue weighted by molar-refractivity contribution is 6.30. The van der Waals surface area contributed by atoms with Crippen LogP contribution >= 0.6 is 11.6 Å². The Kier molecular flexibility index (Phi) is 4.68. The Morgan fingerprint density at radius 1 is 1.04 bits per heavy atom. The van der Waals surface area contributed by atoms with Crippen LogP contribution in [0.4, 0.5) is 11.4 Å². The number of hydrogen-bond acceptors (Lipinski definition) is 3. The van der Waals surface area contributed by atoms with Gasteiger partial charge in [0.05, 0.1) is 12.8 Å². The molecule has 5 nitrogen and oxygen atoms in total. The Bertz CT molecular complexity index is 831. The predicted octanol–water partition coefficient (Wildman–Crippen LogP) is 4.01. The third-order valence-corrected chi connectivity index (χ3v) is 4.65. The third-order valence-electron chi connectivity index (χ3n) is 4.41. The van der Waals surface area contributed by atoms with Crippen LogP contribution in [0.3, 0.4) is 0 Å². The first-order chi connectivity index (χ1) is 12.0. The second-order valence-corrected chi connectivity index (χ2v) is 6.59. The van der Waals surface area contributed by atoms with Crippen LogP contribution in [0, 0.1) is 12.3 Å². The normalized spacial score (nSPS) is 14.5. The maximum absolute atomic E-state index is 12.7. The number of methoxy groups -OCH3 is 1. The summed E-state index contributed by atoms with van der Waals surface area (Å²) in [6, 6.07) is 12.3. The van der Waals surface area contributed by atoms with Gasteiger partial charge in [-0.1, -0.05) is 23.7 Å². The van der Waals surface area contributed by atoms with Crippen molar-refractivity contribution in [1.29, 1.82) is 0 Å². The molecule has 0 bridgehead atoms. The summed E-state index contributed by atoms with van der Waals surface area (Å²) in [4.78, 5) is 25.4. The summed E-state index contributed by atoms with van der Waals surface area (Å²) in [5.74, 6) is -0.0629. The maximum atomic E-state index is 12.7. The molecule has 3 rings (SSSR count). The molecule has 2 aromatic carbocycles. The van der Waals surface area contributed by atoms with E-state index in [-0.39, 0.29) is 11.8 Å². The highest BCUT2D eigenvalue weighted by atomic mass is 35.5. The quantitative estimate of drug-likeness (QED) is 0.793. The van der Waals surface area contributed by atoms with Crippen molar-refractivity contribution in [2.24, 2.45) is 5.41 Å². The second kappa shape index (κ2) is 6.76. The van der Waals surface area contributed by atoms with E-state index in [0.717, 1.165) is 5.56 Å². The Morgan fingerprint density at radius 3 is 2.28 bits per heavy atom. The van der Waals surface area contributed by atoms with Crippen molar-refractivity contribution in [3.8, 4) is 5.75 Å². The highest BCUT2D eigenvalue weighted by Crippen LogP contribution is 2.48. The van der Waals surface area contributed by atoms with Crippen LogP contribution in [0.2, 0.25) is 5.02 Å². The highest BCUT2D eigenvalue weighted by Gasteiger charge is 2.56. The minimum Gasteiger partial charge on any atom is -0.495 e. The lowest BCUT2D eigenvalue weighted by Crippen LogP contribution is -2.35. The number of nitrogens with one attached hydrogen (secondary N) is 2. The van der Waals surface area contributed by atoms with Crippen LogP contribution in [0.25, 0.3) is 0 Å². The van der Waals surface area contributed by atoms with E-state index in [9.17, 15) is 9.59 Å². The van der Waals surface area contributed by atoms with Gasteiger partial charge >= 0.3 is 0 Å². The molecular formula is C19H19ClN2O3. The van der Waals surface area contributed by atoms with Crippen molar-refractivity contribution in [2.75, 3.05) is 17.7 Å². The van der Waals surface area contributed by atoms with Gasteiger partial charge in [0.25, 0.3) is 0 Å². The largest absolute Gasteiger partial charge is 0.495 e. The summed E-state index contributed by atoms with van der Waals surface area (Å²) in [5.41, 5.74) is 1.02. The number of carbonyl (C=O) groups is 2. The van der Waals surface area contributed by atoms with Crippen LogP contribution < -0.4 is 15.4 Å². The van der Waals surface area contributed by atoms with E-state index in [0.29, 0.717) is 35.0 Å². The lowest BCUT2D eigenvalue weighted by Gasteiger charge is -2.17. The molecule has 2 N–H and O–H groups in total. The number of hydrogen-bond donors (Lipinski definition) is 2. The molecule has 0 atom stereocenters. The average Bonchev–Trinajstić information content (AvgIpc) is 3.40. The number of ether oxygens (including phenoxy) is 1. The predicted molar refractivity (Wildman–Crippen MR) is 98.1 cm³/mol. The lowest BCUT2D eigenvalue weighted by atomic mass is 10.0. The Balaban J connectivity index is 1.74. The first-order valence-electron chi connectivity index (χ1n) is 7.98. The van der Waals surface area contributed by atoms with Gasteiger partial charge < -0.3 is 15.4 Å². The average molecular weight is 359 g/mol. The zero-order valence-electron chi connectivity index (χ0n) is 14.1. The topological polar surface area (TPSA) is 67.4 Å². The molecule has 0 radical (unpaired) electrons. The molecule has 1 fully saturated rings. The fourth-order valence-electron chi connectivity index (χ4n) is 2.68. The number of aryl methyl sites for hydroxylation is 1. The molecule has 0 heterocycles. The molecule has 6 heteroatoms. The van der Waals surface area contributed by atoms with Gasteiger partial charge in [0, 0.05) is 10.7 Å². The Labute approximate surface area is 151 Å². The molecule has 0 aliphatic heterocycles. The molecule has 0 saturated heterocycles. The van der Waals surface area contributed by atoms with Crippen molar-refractivity contribution in [3.63, 3.8) is 0 Å². The first kappa shape index (κ1) is 17.3. The fourth-order valence-corrected chi connectivity index (χ4v) is 2.91. The SMILES string of the molecule is COc1ccccc1NC(=O)C1(C(=O)Nc2ccc(Cl)cc2C)CC1. The molecule has 2 amide bonds. The summed E-state index contributed by atoms with van der Waals surface area (Å²) >= 11 is 5.94. The third kappa shape index (κ3) is 3.46. The summed E-state index contributed by atoms with van der Waals surface area (Å²) in [7, 11) is 1.54. The van der Waals surface area contributed by atoms with Gasteiger partial charge in [0.2, 0.25) is 11.8 Å². The van der Waals surface area contributed by atoms with Crippen molar-refractivity contribution in [1.82, 2.24) is 0 Å². The molecule has 25 heavy (non-hydrogen) atoms. The number of rotatable bonds is 5. The van der Waals surface area contributed by atoms with Crippen LogP contribution in [0.5, 0.6) is 5.75 Å². The van der Waals surface area contributed by atoms with E-state index in [2.05, 4.69) is 10.6 Å². The first-order valence-corrected chi connectivity index (χ1v) is 8.36. The molecule has 1 aliphatic carbocycles.